The summed E-state index contributed by atoms with van der Waals surface area (Å²) in [5, 5.41) is 3.83. The lowest BCUT2D eigenvalue weighted by Gasteiger charge is -2.13. The van der Waals surface area contributed by atoms with Crippen LogP contribution in [0.15, 0.2) is 46.9 Å². The molecule has 0 saturated carbocycles. The van der Waals surface area contributed by atoms with E-state index >= 15 is 0 Å². The fourth-order valence-corrected chi connectivity index (χ4v) is 2.88. The third-order valence-electron chi connectivity index (χ3n) is 4.10. The van der Waals surface area contributed by atoms with Crippen LogP contribution in [0.3, 0.4) is 0 Å². The summed E-state index contributed by atoms with van der Waals surface area (Å²) in [4.78, 5) is 24.7. The molecule has 1 aromatic heterocycles. The first-order valence-electron chi connectivity index (χ1n) is 8.24. The van der Waals surface area contributed by atoms with E-state index in [4.69, 9.17) is 25.5 Å². The molecule has 3 rings (SSSR count). The number of amides is 1. The number of hydrogen-bond acceptors (Lipinski definition) is 5. The van der Waals surface area contributed by atoms with Gasteiger partial charge in [-0.05, 0) is 38.1 Å². The number of fused-ring (bicyclic) bond motifs is 1. The van der Waals surface area contributed by atoms with Gasteiger partial charge in [-0.2, -0.15) is 0 Å². The van der Waals surface area contributed by atoms with Crippen molar-refractivity contribution in [2.75, 3.05) is 12.4 Å². The lowest BCUT2D eigenvalue weighted by Crippen LogP contribution is -2.30. The van der Waals surface area contributed by atoms with Gasteiger partial charge in [-0.15, -0.1) is 0 Å². The Labute approximate surface area is 161 Å². The summed E-state index contributed by atoms with van der Waals surface area (Å²) in [7, 11) is 1.50. The van der Waals surface area contributed by atoms with Crippen molar-refractivity contribution < 1.29 is 23.5 Å². The van der Waals surface area contributed by atoms with E-state index in [1.807, 2.05) is 18.2 Å². The average molecular weight is 388 g/mol. The number of aryl methyl sites for hydroxylation is 1. The van der Waals surface area contributed by atoms with Crippen molar-refractivity contribution in [3.8, 4) is 5.75 Å². The number of nitrogens with one attached hydrogen (secondary N) is 1. The molecule has 7 heteroatoms. The minimum atomic E-state index is -1.02. The standard InChI is InChI=1S/C20H18ClNO5/c1-11-14-6-4-5-7-16(14)27-18(11)20(24)26-12(2)19(23)22-13-8-9-17(25-3)15(21)10-13/h4-10,12H,1-3H3,(H,22,23)/t12-/m1/s1. The van der Waals surface area contributed by atoms with Crippen molar-refractivity contribution in [1.82, 2.24) is 0 Å². The normalized spacial score (nSPS) is 11.9. The fraction of sp³-hybridized carbons (Fsp3) is 0.200. The first-order valence-corrected chi connectivity index (χ1v) is 8.62. The van der Waals surface area contributed by atoms with Gasteiger partial charge in [-0.1, -0.05) is 29.8 Å². The summed E-state index contributed by atoms with van der Waals surface area (Å²) in [6.45, 7) is 3.25. The molecule has 1 N–H and O–H groups in total. The highest BCUT2D eigenvalue weighted by Crippen LogP contribution is 2.28. The first kappa shape index (κ1) is 18.8. The molecule has 0 saturated heterocycles. The van der Waals surface area contributed by atoms with Crippen LogP contribution < -0.4 is 10.1 Å². The Morgan fingerprint density at radius 3 is 2.59 bits per heavy atom. The molecule has 1 atom stereocenters. The van der Waals surface area contributed by atoms with Crippen LogP contribution in [0, 0.1) is 6.92 Å². The molecular formula is C20H18ClNO5. The molecule has 0 fully saturated rings. The predicted octanol–water partition coefficient (Wildman–Crippen LogP) is 4.59. The van der Waals surface area contributed by atoms with Gasteiger partial charge >= 0.3 is 5.97 Å². The predicted molar refractivity (Wildman–Crippen MR) is 102 cm³/mol. The molecule has 1 heterocycles. The lowest BCUT2D eigenvalue weighted by atomic mass is 10.1. The van der Waals surface area contributed by atoms with Gasteiger partial charge < -0.3 is 19.2 Å². The van der Waals surface area contributed by atoms with Gasteiger partial charge in [0.15, 0.2) is 6.10 Å². The Balaban J connectivity index is 1.69. The number of methoxy groups -OCH3 is 1. The maximum atomic E-state index is 12.4. The van der Waals surface area contributed by atoms with E-state index in [0.29, 0.717) is 27.6 Å². The molecule has 0 aliphatic carbocycles. The number of rotatable bonds is 5. The quantitative estimate of drug-likeness (QED) is 0.648. The zero-order valence-corrected chi connectivity index (χ0v) is 15.8. The van der Waals surface area contributed by atoms with Crippen LogP contribution >= 0.6 is 11.6 Å². The Kier molecular flexibility index (Phi) is 5.37. The summed E-state index contributed by atoms with van der Waals surface area (Å²) < 4.78 is 15.9. The number of halogens is 1. The van der Waals surface area contributed by atoms with Gasteiger partial charge in [0.2, 0.25) is 5.76 Å². The number of carbonyl (C=O) groups excluding carboxylic acids is 2. The highest BCUT2D eigenvalue weighted by molar-refractivity contribution is 6.32. The largest absolute Gasteiger partial charge is 0.495 e. The molecule has 0 spiro atoms. The van der Waals surface area contributed by atoms with E-state index in [2.05, 4.69) is 5.32 Å². The Morgan fingerprint density at radius 1 is 1.19 bits per heavy atom. The maximum Gasteiger partial charge on any atom is 0.375 e. The smallest absolute Gasteiger partial charge is 0.375 e. The number of esters is 1. The minimum absolute atomic E-state index is 0.0864. The van der Waals surface area contributed by atoms with Gasteiger partial charge in [0.25, 0.3) is 5.91 Å². The molecule has 2 aromatic carbocycles. The molecule has 140 valence electrons. The molecular weight excluding hydrogens is 370 g/mol. The van der Waals surface area contributed by atoms with E-state index in [1.54, 1.807) is 31.2 Å². The second kappa shape index (κ2) is 7.72. The highest BCUT2D eigenvalue weighted by Gasteiger charge is 2.24. The van der Waals surface area contributed by atoms with Crippen LogP contribution in [0.5, 0.6) is 5.75 Å². The molecule has 0 unspecified atom stereocenters. The lowest BCUT2D eigenvalue weighted by molar-refractivity contribution is -0.123. The van der Waals surface area contributed by atoms with E-state index in [9.17, 15) is 9.59 Å². The number of hydrogen-bond donors (Lipinski definition) is 1. The first-order chi connectivity index (χ1) is 12.9. The van der Waals surface area contributed by atoms with Crippen LogP contribution in [-0.2, 0) is 9.53 Å². The van der Waals surface area contributed by atoms with Gasteiger partial charge in [-0.3, -0.25) is 4.79 Å². The van der Waals surface area contributed by atoms with Crippen molar-refractivity contribution >= 4 is 40.1 Å². The van der Waals surface area contributed by atoms with Crippen LogP contribution in [0.4, 0.5) is 5.69 Å². The summed E-state index contributed by atoms with van der Waals surface area (Å²) >= 11 is 6.04. The number of ether oxygens (including phenoxy) is 2. The fourth-order valence-electron chi connectivity index (χ4n) is 2.62. The molecule has 1 amide bonds. The summed E-state index contributed by atoms with van der Waals surface area (Å²) in [5.41, 5.74) is 1.73. The summed E-state index contributed by atoms with van der Waals surface area (Å²) in [6, 6.07) is 12.1. The Hall–Kier alpha value is -2.99. The Morgan fingerprint density at radius 2 is 1.93 bits per heavy atom. The van der Waals surface area contributed by atoms with Crippen molar-refractivity contribution in [3.63, 3.8) is 0 Å². The summed E-state index contributed by atoms with van der Waals surface area (Å²) in [6.07, 6.45) is -1.02. The highest BCUT2D eigenvalue weighted by atomic mass is 35.5. The summed E-state index contributed by atoms with van der Waals surface area (Å²) in [5.74, 6) is -0.602. The van der Waals surface area contributed by atoms with E-state index in [-0.39, 0.29) is 5.76 Å². The van der Waals surface area contributed by atoms with E-state index in [1.165, 1.54) is 14.0 Å². The minimum Gasteiger partial charge on any atom is -0.495 e. The number of furan rings is 1. The number of benzene rings is 2. The topological polar surface area (TPSA) is 77.8 Å². The molecule has 3 aromatic rings. The van der Waals surface area contributed by atoms with Crippen molar-refractivity contribution in [2.45, 2.75) is 20.0 Å². The van der Waals surface area contributed by atoms with Crippen molar-refractivity contribution in [2.24, 2.45) is 0 Å². The monoisotopic (exact) mass is 387 g/mol. The van der Waals surface area contributed by atoms with Crippen LogP contribution in [0.25, 0.3) is 11.0 Å². The number of para-hydroxylation sites is 1. The van der Waals surface area contributed by atoms with E-state index < -0.39 is 18.0 Å². The van der Waals surface area contributed by atoms with Crippen molar-refractivity contribution in [1.29, 1.82) is 0 Å². The van der Waals surface area contributed by atoms with E-state index in [0.717, 1.165) is 5.39 Å². The van der Waals surface area contributed by atoms with Crippen LogP contribution in [0.2, 0.25) is 5.02 Å². The average Bonchev–Trinajstić information content (AvgIpc) is 2.99. The van der Waals surface area contributed by atoms with Gasteiger partial charge in [0.05, 0.1) is 12.1 Å². The zero-order valence-electron chi connectivity index (χ0n) is 15.0. The van der Waals surface area contributed by atoms with Gasteiger partial charge in [0.1, 0.15) is 11.3 Å². The third-order valence-corrected chi connectivity index (χ3v) is 4.40. The maximum absolute atomic E-state index is 12.4. The molecule has 0 radical (unpaired) electrons. The molecule has 0 bridgehead atoms. The number of carbonyl (C=O) groups is 2. The molecule has 0 aliphatic heterocycles. The zero-order chi connectivity index (χ0) is 19.6. The molecule has 6 nitrogen and oxygen atoms in total. The van der Waals surface area contributed by atoms with Crippen molar-refractivity contribution in [3.05, 3.63) is 58.8 Å². The second-order valence-electron chi connectivity index (χ2n) is 5.94. The number of anilines is 1. The van der Waals surface area contributed by atoms with Crippen LogP contribution in [0.1, 0.15) is 23.0 Å². The van der Waals surface area contributed by atoms with Crippen LogP contribution in [-0.4, -0.2) is 25.1 Å². The second-order valence-corrected chi connectivity index (χ2v) is 6.35. The van der Waals surface area contributed by atoms with Gasteiger partial charge in [0, 0.05) is 16.6 Å². The third kappa shape index (κ3) is 3.90. The molecule has 0 aliphatic rings. The Bertz CT molecular complexity index is 1010. The molecule has 27 heavy (non-hydrogen) atoms. The SMILES string of the molecule is COc1ccc(NC(=O)[C@@H](C)OC(=O)c2oc3ccccc3c2C)cc1Cl. The van der Waals surface area contributed by atoms with Gasteiger partial charge in [-0.25, -0.2) is 4.79 Å².